The molecule has 1 amide bonds. The van der Waals surface area contributed by atoms with Gasteiger partial charge in [-0.05, 0) is 48.1 Å². The third-order valence-corrected chi connectivity index (χ3v) is 8.77. The number of carbonyl (C=O) groups is 1. The van der Waals surface area contributed by atoms with Gasteiger partial charge in [0.1, 0.15) is 6.61 Å². The number of likely N-dealkylation sites (tertiary alicyclic amines) is 1. The molecule has 226 valence electrons. The lowest BCUT2D eigenvalue weighted by Crippen LogP contribution is -2.44. The highest BCUT2D eigenvalue weighted by molar-refractivity contribution is 5.76. The first-order valence-corrected chi connectivity index (χ1v) is 15.5. The molecule has 44 heavy (non-hydrogen) atoms. The molecule has 0 saturated carbocycles. The van der Waals surface area contributed by atoms with E-state index in [1.807, 2.05) is 54.1 Å². The Labute approximate surface area is 258 Å². The van der Waals surface area contributed by atoms with Crippen LogP contribution in [0.4, 0.5) is 4.79 Å². The number of imidazole rings is 1. The number of hydrogen-bond acceptors (Lipinski definition) is 4. The van der Waals surface area contributed by atoms with E-state index in [4.69, 9.17) is 4.74 Å². The smallest absolute Gasteiger partial charge is 0.409 e. The van der Waals surface area contributed by atoms with E-state index in [1.54, 1.807) is 9.47 Å². The van der Waals surface area contributed by atoms with Crippen molar-refractivity contribution in [2.75, 3.05) is 19.7 Å². The Hall–Kier alpha value is -4.62. The van der Waals surface area contributed by atoms with Crippen molar-refractivity contribution in [1.29, 1.82) is 0 Å². The van der Waals surface area contributed by atoms with E-state index in [0.29, 0.717) is 25.9 Å². The van der Waals surface area contributed by atoms with Crippen molar-refractivity contribution in [3.8, 4) is 0 Å². The standard InChI is InChI=1S/C37H40N4O3/c1-38-34-19-11-12-20-35(34)41(36(38)42)32-21-23-39(24-22-32)37(43)44-28-33(25-29-13-5-2-6-14-29)40(26-30-15-7-3-8-16-30)27-31-17-9-4-10-18-31/h2-20,32-33H,21-28H2,1H3. The zero-order chi connectivity index (χ0) is 30.3. The molecule has 1 aromatic heterocycles. The van der Waals surface area contributed by atoms with Gasteiger partial charge in [0.25, 0.3) is 0 Å². The Balaban J connectivity index is 1.16. The predicted octanol–water partition coefficient (Wildman–Crippen LogP) is 6.43. The molecule has 0 aliphatic carbocycles. The van der Waals surface area contributed by atoms with Gasteiger partial charge in [-0.3, -0.25) is 14.0 Å². The van der Waals surface area contributed by atoms with Crippen molar-refractivity contribution in [1.82, 2.24) is 18.9 Å². The van der Waals surface area contributed by atoms with E-state index in [0.717, 1.165) is 30.5 Å². The highest BCUT2D eigenvalue weighted by atomic mass is 16.6. The molecule has 1 unspecified atom stereocenters. The lowest BCUT2D eigenvalue weighted by molar-refractivity contribution is 0.0517. The Morgan fingerprint density at radius 3 is 1.82 bits per heavy atom. The molecule has 1 aliphatic rings. The average molecular weight is 589 g/mol. The van der Waals surface area contributed by atoms with Gasteiger partial charge in [-0.2, -0.15) is 0 Å². The minimum absolute atomic E-state index is 0.00657. The van der Waals surface area contributed by atoms with Crippen LogP contribution in [-0.4, -0.2) is 50.8 Å². The fourth-order valence-electron chi connectivity index (χ4n) is 6.37. The second-order valence-electron chi connectivity index (χ2n) is 11.7. The van der Waals surface area contributed by atoms with Crippen LogP contribution in [-0.2, 0) is 31.3 Å². The summed E-state index contributed by atoms with van der Waals surface area (Å²) in [6.45, 7) is 2.89. The fourth-order valence-corrected chi connectivity index (χ4v) is 6.37. The average Bonchev–Trinajstić information content (AvgIpc) is 3.33. The number of aryl methyl sites for hydroxylation is 1. The topological polar surface area (TPSA) is 59.7 Å². The van der Waals surface area contributed by atoms with Gasteiger partial charge in [-0.1, -0.05) is 103 Å². The lowest BCUT2D eigenvalue weighted by Gasteiger charge is -2.34. The molecule has 1 saturated heterocycles. The number of rotatable bonds is 10. The minimum Gasteiger partial charge on any atom is -0.448 e. The van der Waals surface area contributed by atoms with Gasteiger partial charge in [-0.25, -0.2) is 9.59 Å². The number of amides is 1. The Morgan fingerprint density at radius 1 is 0.750 bits per heavy atom. The molecule has 5 aromatic rings. The van der Waals surface area contributed by atoms with Crippen LogP contribution in [0.25, 0.3) is 11.0 Å². The number of para-hydroxylation sites is 2. The number of benzene rings is 4. The summed E-state index contributed by atoms with van der Waals surface area (Å²) >= 11 is 0. The van der Waals surface area contributed by atoms with E-state index < -0.39 is 0 Å². The Bertz CT molecular complexity index is 1670. The SMILES string of the molecule is Cn1c(=O)n(C2CCN(C(=O)OCC(Cc3ccccc3)N(Cc3ccccc3)Cc3ccccc3)CC2)c2ccccc21. The monoisotopic (exact) mass is 588 g/mol. The number of ether oxygens (including phenoxy) is 1. The second kappa shape index (κ2) is 13.8. The molecule has 7 nitrogen and oxygen atoms in total. The maximum absolute atomic E-state index is 13.4. The molecule has 2 heterocycles. The van der Waals surface area contributed by atoms with Gasteiger partial charge in [-0.15, -0.1) is 0 Å². The van der Waals surface area contributed by atoms with Crippen molar-refractivity contribution >= 4 is 17.1 Å². The third-order valence-electron chi connectivity index (χ3n) is 8.77. The number of hydrogen-bond donors (Lipinski definition) is 0. The zero-order valence-electron chi connectivity index (χ0n) is 25.3. The van der Waals surface area contributed by atoms with Crippen molar-refractivity contribution in [3.05, 3.63) is 142 Å². The molecule has 1 fully saturated rings. The molecular formula is C37H40N4O3. The van der Waals surface area contributed by atoms with Crippen LogP contribution in [0.3, 0.4) is 0 Å². The molecule has 4 aromatic carbocycles. The first kappa shape index (κ1) is 29.5. The maximum atomic E-state index is 13.4. The summed E-state index contributed by atoms with van der Waals surface area (Å²) in [5.41, 5.74) is 5.52. The van der Waals surface area contributed by atoms with Crippen LogP contribution < -0.4 is 5.69 Å². The normalized spacial score (nSPS) is 14.6. The van der Waals surface area contributed by atoms with Crippen LogP contribution in [0, 0.1) is 0 Å². The summed E-state index contributed by atoms with van der Waals surface area (Å²) in [7, 11) is 1.82. The van der Waals surface area contributed by atoms with E-state index in [-0.39, 0.29) is 30.5 Å². The van der Waals surface area contributed by atoms with Crippen LogP contribution in [0.2, 0.25) is 0 Å². The Morgan fingerprint density at radius 2 is 1.25 bits per heavy atom. The predicted molar refractivity (Wildman–Crippen MR) is 174 cm³/mol. The first-order chi connectivity index (χ1) is 21.6. The van der Waals surface area contributed by atoms with E-state index in [9.17, 15) is 9.59 Å². The summed E-state index contributed by atoms with van der Waals surface area (Å²) in [6, 6.07) is 39.3. The summed E-state index contributed by atoms with van der Waals surface area (Å²) in [5.74, 6) is 0. The minimum atomic E-state index is -0.286. The largest absolute Gasteiger partial charge is 0.448 e. The van der Waals surface area contributed by atoms with Gasteiger partial charge in [0, 0.05) is 45.3 Å². The fraction of sp³-hybridized carbons (Fsp3) is 0.297. The van der Waals surface area contributed by atoms with E-state index in [2.05, 4.69) is 77.7 Å². The zero-order valence-corrected chi connectivity index (χ0v) is 25.3. The van der Waals surface area contributed by atoms with Crippen LogP contribution in [0.15, 0.2) is 120 Å². The van der Waals surface area contributed by atoms with Gasteiger partial charge in [0.15, 0.2) is 0 Å². The molecule has 6 rings (SSSR count). The molecular weight excluding hydrogens is 548 g/mol. The molecule has 0 N–H and O–H groups in total. The number of fused-ring (bicyclic) bond motifs is 1. The summed E-state index contributed by atoms with van der Waals surface area (Å²) < 4.78 is 9.69. The summed E-state index contributed by atoms with van der Waals surface area (Å²) in [6.07, 6.45) is 1.90. The number of carbonyl (C=O) groups excluding carboxylic acids is 1. The molecule has 0 radical (unpaired) electrons. The van der Waals surface area contributed by atoms with Crippen molar-refractivity contribution < 1.29 is 9.53 Å². The van der Waals surface area contributed by atoms with Crippen LogP contribution in [0.1, 0.15) is 35.6 Å². The van der Waals surface area contributed by atoms with E-state index >= 15 is 0 Å². The maximum Gasteiger partial charge on any atom is 0.409 e. The van der Waals surface area contributed by atoms with Gasteiger partial charge < -0.3 is 9.64 Å². The number of aromatic nitrogens is 2. The molecule has 7 heteroatoms. The molecule has 0 bridgehead atoms. The van der Waals surface area contributed by atoms with Gasteiger partial charge in [0.05, 0.1) is 11.0 Å². The molecule has 0 spiro atoms. The van der Waals surface area contributed by atoms with Crippen LogP contribution >= 0.6 is 0 Å². The van der Waals surface area contributed by atoms with E-state index in [1.165, 1.54) is 16.7 Å². The lowest BCUT2D eigenvalue weighted by atomic mass is 10.0. The quantitative estimate of drug-likeness (QED) is 0.189. The van der Waals surface area contributed by atoms with Gasteiger partial charge >= 0.3 is 11.8 Å². The van der Waals surface area contributed by atoms with Crippen molar-refractivity contribution in [2.24, 2.45) is 7.05 Å². The highest BCUT2D eigenvalue weighted by Crippen LogP contribution is 2.26. The van der Waals surface area contributed by atoms with Gasteiger partial charge in [0.2, 0.25) is 0 Å². The molecule has 1 aliphatic heterocycles. The third kappa shape index (κ3) is 6.79. The highest BCUT2D eigenvalue weighted by Gasteiger charge is 2.29. The van der Waals surface area contributed by atoms with Crippen LogP contribution in [0.5, 0.6) is 0 Å². The first-order valence-electron chi connectivity index (χ1n) is 15.5. The molecule has 1 atom stereocenters. The van der Waals surface area contributed by atoms with Crippen molar-refractivity contribution in [3.63, 3.8) is 0 Å². The summed E-state index contributed by atoms with van der Waals surface area (Å²) in [5, 5.41) is 0. The second-order valence-corrected chi connectivity index (χ2v) is 11.7. The van der Waals surface area contributed by atoms with Crippen molar-refractivity contribution in [2.45, 2.75) is 44.4 Å². The Kier molecular flexibility index (Phi) is 9.22. The number of nitrogens with zero attached hydrogens (tertiary/aromatic N) is 4. The number of piperidine rings is 1. The summed E-state index contributed by atoms with van der Waals surface area (Å²) in [4.78, 5) is 30.7.